The third-order valence-corrected chi connectivity index (χ3v) is 6.11. The molecule has 3 rings (SSSR count). The molecule has 0 spiro atoms. The van der Waals surface area contributed by atoms with Crippen LogP contribution in [0, 0.1) is 0 Å². The second-order valence-corrected chi connectivity index (χ2v) is 7.83. The summed E-state index contributed by atoms with van der Waals surface area (Å²) in [6.45, 7) is 2.90. The average molecular weight is 333 g/mol. The molecule has 0 N–H and O–H groups in total. The summed E-state index contributed by atoms with van der Waals surface area (Å²) in [5, 5.41) is 2.12. The molecular weight excluding hydrogens is 314 g/mol. The van der Waals surface area contributed by atoms with Crippen molar-refractivity contribution in [2.45, 2.75) is 30.7 Å². The van der Waals surface area contributed by atoms with Gasteiger partial charge in [0, 0.05) is 38.9 Å². The lowest BCUT2D eigenvalue weighted by molar-refractivity contribution is 0.0657. The molecule has 0 saturated carbocycles. The van der Waals surface area contributed by atoms with Gasteiger partial charge in [-0.3, -0.25) is 9.00 Å². The van der Waals surface area contributed by atoms with Crippen molar-refractivity contribution in [2.24, 2.45) is 0 Å². The van der Waals surface area contributed by atoms with E-state index in [1.807, 2.05) is 4.90 Å². The summed E-state index contributed by atoms with van der Waals surface area (Å²) in [6.07, 6.45) is 3.51. The molecule has 0 radical (unpaired) electrons. The quantitative estimate of drug-likeness (QED) is 0.860. The molecule has 2 atom stereocenters. The standard InChI is InChI=1S/C17H19NO2S2/c1-3-15-14-9-11-21-16(14)8-10-18(15)17(19)12-4-6-13(7-5-12)22(2)20/h4-7,9,11,15H,3,8,10H2,1-2H3. The normalized spacial score (nSPS) is 18.8. The Balaban J connectivity index is 1.87. The first-order valence-electron chi connectivity index (χ1n) is 7.42. The van der Waals surface area contributed by atoms with Gasteiger partial charge in [-0.1, -0.05) is 6.92 Å². The molecule has 0 bridgehead atoms. The Morgan fingerprint density at radius 3 is 2.68 bits per heavy atom. The minimum atomic E-state index is -1.01. The number of rotatable bonds is 3. The van der Waals surface area contributed by atoms with E-state index in [9.17, 15) is 9.00 Å². The Kier molecular flexibility index (Phi) is 4.45. The number of carbonyl (C=O) groups is 1. The van der Waals surface area contributed by atoms with E-state index in [1.54, 1.807) is 41.9 Å². The highest BCUT2D eigenvalue weighted by atomic mass is 32.2. The zero-order valence-electron chi connectivity index (χ0n) is 12.7. The van der Waals surface area contributed by atoms with E-state index in [0.29, 0.717) is 5.56 Å². The third kappa shape index (κ3) is 2.75. The van der Waals surface area contributed by atoms with Gasteiger partial charge in [0.15, 0.2) is 0 Å². The van der Waals surface area contributed by atoms with E-state index < -0.39 is 10.8 Å². The number of amides is 1. The molecule has 1 aromatic heterocycles. The average Bonchev–Trinajstić information content (AvgIpc) is 3.01. The van der Waals surface area contributed by atoms with Crippen molar-refractivity contribution >= 4 is 28.0 Å². The molecule has 0 saturated heterocycles. The zero-order valence-corrected chi connectivity index (χ0v) is 14.4. The van der Waals surface area contributed by atoms with Crippen molar-refractivity contribution in [2.75, 3.05) is 12.8 Å². The topological polar surface area (TPSA) is 37.4 Å². The maximum atomic E-state index is 12.8. The van der Waals surface area contributed by atoms with Gasteiger partial charge in [-0.15, -0.1) is 11.3 Å². The highest BCUT2D eigenvalue weighted by Gasteiger charge is 2.30. The van der Waals surface area contributed by atoms with Gasteiger partial charge in [-0.2, -0.15) is 0 Å². The number of hydrogen-bond acceptors (Lipinski definition) is 3. The van der Waals surface area contributed by atoms with Crippen LogP contribution in [-0.2, 0) is 17.2 Å². The van der Waals surface area contributed by atoms with Gasteiger partial charge in [0.1, 0.15) is 0 Å². The summed E-state index contributed by atoms with van der Waals surface area (Å²) in [5.41, 5.74) is 1.98. The minimum Gasteiger partial charge on any atom is -0.331 e. The predicted octanol–water partition coefficient (Wildman–Crippen LogP) is 3.64. The van der Waals surface area contributed by atoms with Crippen molar-refractivity contribution in [3.63, 3.8) is 0 Å². The molecule has 3 nitrogen and oxygen atoms in total. The van der Waals surface area contributed by atoms with Gasteiger partial charge >= 0.3 is 0 Å². The van der Waals surface area contributed by atoms with E-state index in [-0.39, 0.29) is 11.9 Å². The molecule has 2 heterocycles. The lowest BCUT2D eigenvalue weighted by atomic mass is 9.97. The Hall–Kier alpha value is -1.46. The molecule has 0 fully saturated rings. The number of benzene rings is 1. The SMILES string of the molecule is CCC1c2ccsc2CCN1C(=O)c1ccc(S(C)=O)cc1. The van der Waals surface area contributed by atoms with Crippen molar-refractivity contribution in [3.05, 3.63) is 51.7 Å². The van der Waals surface area contributed by atoms with Gasteiger partial charge in [-0.05, 0) is 54.1 Å². The van der Waals surface area contributed by atoms with E-state index in [0.717, 1.165) is 24.3 Å². The van der Waals surface area contributed by atoms with Crippen LogP contribution in [0.1, 0.15) is 40.2 Å². The molecule has 1 aliphatic heterocycles. The summed E-state index contributed by atoms with van der Waals surface area (Å²) < 4.78 is 11.5. The van der Waals surface area contributed by atoms with Crippen LogP contribution in [0.4, 0.5) is 0 Å². The van der Waals surface area contributed by atoms with Gasteiger partial charge in [0.05, 0.1) is 6.04 Å². The number of nitrogens with zero attached hydrogens (tertiary/aromatic N) is 1. The lowest BCUT2D eigenvalue weighted by Gasteiger charge is -2.35. The second-order valence-electron chi connectivity index (χ2n) is 5.45. The second kappa shape index (κ2) is 6.34. The van der Waals surface area contributed by atoms with Gasteiger partial charge in [0.25, 0.3) is 5.91 Å². The first-order chi connectivity index (χ1) is 10.6. The van der Waals surface area contributed by atoms with E-state index in [4.69, 9.17) is 0 Å². The number of hydrogen-bond donors (Lipinski definition) is 0. The number of thiophene rings is 1. The lowest BCUT2D eigenvalue weighted by Crippen LogP contribution is -2.39. The number of carbonyl (C=O) groups excluding carboxylic acids is 1. The Labute approximate surface area is 137 Å². The van der Waals surface area contributed by atoms with Crippen molar-refractivity contribution in [3.8, 4) is 0 Å². The van der Waals surface area contributed by atoms with Crippen LogP contribution in [0.3, 0.4) is 0 Å². The fraction of sp³-hybridized carbons (Fsp3) is 0.353. The van der Waals surface area contributed by atoms with Gasteiger partial charge in [0.2, 0.25) is 0 Å². The van der Waals surface area contributed by atoms with E-state index in [2.05, 4.69) is 18.4 Å². The molecule has 1 aliphatic rings. The van der Waals surface area contributed by atoms with Gasteiger partial charge < -0.3 is 4.90 Å². The highest BCUT2D eigenvalue weighted by molar-refractivity contribution is 7.84. The first kappa shape index (κ1) is 15.4. The zero-order chi connectivity index (χ0) is 15.7. The molecule has 22 heavy (non-hydrogen) atoms. The predicted molar refractivity (Wildman–Crippen MR) is 90.9 cm³/mol. The van der Waals surface area contributed by atoms with Crippen molar-refractivity contribution in [1.82, 2.24) is 4.90 Å². The Bertz CT molecular complexity index is 706. The summed E-state index contributed by atoms with van der Waals surface area (Å²) in [4.78, 5) is 17.0. The fourth-order valence-corrected chi connectivity index (χ4v) is 4.48. The van der Waals surface area contributed by atoms with Crippen LogP contribution in [0.2, 0.25) is 0 Å². The van der Waals surface area contributed by atoms with Gasteiger partial charge in [-0.25, -0.2) is 0 Å². The summed E-state index contributed by atoms with van der Waals surface area (Å²) in [6, 6.07) is 9.46. The maximum Gasteiger partial charge on any atom is 0.254 e. The van der Waals surface area contributed by atoms with Crippen LogP contribution in [0.25, 0.3) is 0 Å². The Morgan fingerprint density at radius 2 is 2.05 bits per heavy atom. The van der Waals surface area contributed by atoms with E-state index in [1.165, 1.54) is 10.4 Å². The largest absolute Gasteiger partial charge is 0.331 e. The smallest absolute Gasteiger partial charge is 0.254 e. The summed E-state index contributed by atoms with van der Waals surface area (Å²) in [7, 11) is -1.01. The maximum absolute atomic E-state index is 12.8. The minimum absolute atomic E-state index is 0.0668. The summed E-state index contributed by atoms with van der Waals surface area (Å²) >= 11 is 1.79. The van der Waals surface area contributed by atoms with Crippen LogP contribution in [-0.4, -0.2) is 27.8 Å². The third-order valence-electron chi connectivity index (χ3n) is 4.18. The first-order valence-corrected chi connectivity index (χ1v) is 9.86. The molecule has 0 aliphatic carbocycles. The van der Waals surface area contributed by atoms with Crippen LogP contribution >= 0.6 is 11.3 Å². The molecule has 5 heteroatoms. The molecular formula is C17H19NO2S2. The van der Waals surface area contributed by atoms with Crippen molar-refractivity contribution in [1.29, 1.82) is 0 Å². The number of fused-ring (bicyclic) bond motifs is 1. The highest BCUT2D eigenvalue weighted by Crippen LogP contribution is 2.35. The Morgan fingerprint density at radius 1 is 1.32 bits per heavy atom. The molecule has 2 unspecified atom stereocenters. The molecule has 1 amide bonds. The van der Waals surface area contributed by atoms with Crippen LogP contribution in [0.5, 0.6) is 0 Å². The summed E-state index contributed by atoms with van der Waals surface area (Å²) in [5.74, 6) is 0.0668. The molecule has 2 aromatic rings. The molecule has 1 aromatic carbocycles. The van der Waals surface area contributed by atoms with Crippen molar-refractivity contribution < 1.29 is 9.00 Å². The van der Waals surface area contributed by atoms with E-state index >= 15 is 0 Å². The monoisotopic (exact) mass is 333 g/mol. The fourth-order valence-electron chi connectivity index (χ4n) is 3.03. The van der Waals surface area contributed by atoms with Crippen LogP contribution < -0.4 is 0 Å². The van der Waals surface area contributed by atoms with Crippen LogP contribution in [0.15, 0.2) is 40.6 Å². The molecule has 116 valence electrons.